The van der Waals surface area contributed by atoms with E-state index in [1.54, 1.807) is 0 Å². The molecule has 0 aliphatic rings. The normalized spacial score (nSPS) is 15.9. The molecule has 0 unspecified atom stereocenters. The summed E-state index contributed by atoms with van der Waals surface area (Å²) in [5.74, 6) is 0. The number of hydrogen-bond donors (Lipinski definition) is 0. The van der Waals surface area contributed by atoms with E-state index in [2.05, 4.69) is 0 Å². The van der Waals surface area contributed by atoms with Crippen molar-refractivity contribution in [3.05, 3.63) is 30.6 Å². The van der Waals surface area contributed by atoms with Gasteiger partial charge < -0.3 is 0 Å². The summed E-state index contributed by atoms with van der Waals surface area (Å²) in [6.45, 7) is 0. The van der Waals surface area contributed by atoms with Crippen LogP contribution in [0.5, 0.6) is 0 Å². The minimum absolute atomic E-state index is 2.00. The quantitative estimate of drug-likeness (QED) is 0.367. The van der Waals surface area contributed by atoms with Gasteiger partial charge in [0.1, 0.15) is 7.05 Å². The van der Waals surface area contributed by atoms with Gasteiger partial charge in [0.25, 0.3) is 0 Å². The van der Waals surface area contributed by atoms with Gasteiger partial charge in [0.2, 0.25) is 0 Å². The number of halogens is 6. The predicted octanol–water partition coefficient (Wildman–Crippen LogP) is 3.89. The third-order valence-corrected chi connectivity index (χ3v) is 0.865. The average molecular weight is 239 g/mol. The Labute approximate surface area is 76.2 Å². The Morgan fingerprint density at radius 2 is 1.07 bits per heavy atom. The molecule has 1 aromatic heterocycles. The molecule has 0 aliphatic carbocycles. The summed E-state index contributed by atoms with van der Waals surface area (Å²) in [5, 5.41) is 0. The van der Waals surface area contributed by atoms with Crippen LogP contribution in [0.1, 0.15) is 0 Å². The van der Waals surface area contributed by atoms with Gasteiger partial charge in [0.05, 0.1) is 0 Å². The molecule has 0 fully saturated rings. The van der Waals surface area contributed by atoms with Gasteiger partial charge in [-0.3, -0.25) is 0 Å². The van der Waals surface area contributed by atoms with Crippen molar-refractivity contribution < 1.29 is 29.7 Å². The Balaban J connectivity index is 0.000000241. The first kappa shape index (κ1) is 13.2. The maximum atomic E-state index is 9.87. The first-order valence-corrected chi connectivity index (χ1v) is 5.34. The Kier molecular flexibility index (Phi) is 2.90. The summed E-state index contributed by atoms with van der Waals surface area (Å²) in [4.78, 5) is 0. The molecule has 0 saturated heterocycles. The van der Waals surface area contributed by atoms with Crippen molar-refractivity contribution in [3.63, 3.8) is 0 Å². The van der Waals surface area contributed by atoms with Gasteiger partial charge in [-0.1, -0.05) is 6.07 Å². The van der Waals surface area contributed by atoms with Gasteiger partial charge in [-0.15, -0.1) is 0 Å². The molecule has 8 heteroatoms. The summed E-state index contributed by atoms with van der Waals surface area (Å²) in [5.41, 5.74) is 0. The molecule has 0 radical (unpaired) electrons. The third kappa shape index (κ3) is 22.5. The van der Waals surface area contributed by atoms with Crippen LogP contribution in [0.2, 0.25) is 0 Å². The number of hydrogen-bond acceptors (Lipinski definition) is 0. The van der Waals surface area contributed by atoms with Gasteiger partial charge in [0, 0.05) is 12.1 Å². The fourth-order valence-corrected chi connectivity index (χ4v) is 0.485. The van der Waals surface area contributed by atoms with Crippen molar-refractivity contribution in [1.82, 2.24) is 0 Å². The molecule has 84 valence electrons. The van der Waals surface area contributed by atoms with E-state index in [0.717, 1.165) is 0 Å². The number of rotatable bonds is 0. The number of aryl methyl sites for hydroxylation is 1. The van der Waals surface area contributed by atoms with Crippen molar-refractivity contribution >= 4 is 7.81 Å². The SMILES string of the molecule is C[n+]1ccccc1.F[P-](F)(F)(F)(F)F. The molecule has 0 aromatic carbocycles. The van der Waals surface area contributed by atoms with Gasteiger partial charge in [-0.25, -0.2) is 4.57 Å². The number of nitrogens with zero attached hydrogens (tertiary/aromatic N) is 1. The first-order chi connectivity index (χ1) is 5.84. The molecule has 1 heterocycles. The summed E-state index contributed by atoms with van der Waals surface area (Å²) in [6, 6.07) is 6.00. The van der Waals surface area contributed by atoms with Crippen molar-refractivity contribution in [1.29, 1.82) is 0 Å². The first-order valence-electron chi connectivity index (χ1n) is 3.31. The van der Waals surface area contributed by atoms with Crippen LogP contribution in [0.15, 0.2) is 30.6 Å². The van der Waals surface area contributed by atoms with E-state index in [-0.39, 0.29) is 0 Å². The van der Waals surface area contributed by atoms with Gasteiger partial charge >= 0.3 is 33.0 Å². The summed E-state index contributed by atoms with van der Waals surface area (Å²) in [7, 11) is -8.66. The van der Waals surface area contributed by atoms with E-state index < -0.39 is 7.81 Å². The summed E-state index contributed by atoms with van der Waals surface area (Å²) < 4.78 is 61.2. The molecule has 0 spiro atoms. The molecular weight excluding hydrogens is 231 g/mol. The Morgan fingerprint density at radius 1 is 0.786 bits per heavy atom. The van der Waals surface area contributed by atoms with Crippen LogP contribution in [-0.4, -0.2) is 0 Å². The van der Waals surface area contributed by atoms with Gasteiger partial charge in [-0.2, -0.15) is 0 Å². The second-order valence-electron chi connectivity index (χ2n) is 2.50. The Hall–Kier alpha value is -0.840. The summed E-state index contributed by atoms with van der Waals surface area (Å²) >= 11 is 0. The molecule has 0 aliphatic heterocycles. The molecule has 1 rings (SSSR count). The fourth-order valence-electron chi connectivity index (χ4n) is 0.485. The standard InChI is InChI=1S/C6H8N.F6P/c1-7-5-3-2-4-6-7;1-7(2,3,4,5)6/h2-6H,1H3;/q+1;-1. The van der Waals surface area contributed by atoms with E-state index in [4.69, 9.17) is 0 Å². The third-order valence-electron chi connectivity index (χ3n) is 0.865. The molecule has 14 heavy (non-hydrogen) atoms. The molecular formula is C6H8F6NP. The van der Waals surface area contributed by atoms with Crippen LogP contribution in [0.25, 0.3) is 0 Å². The van der Waals surface area contributed by atoms with Crippen LogP contribution >= 0.6 is 7.81 Å². The van der Waals surface area contributed by atoms with Crippen LogP contribution in [0.4, 0.5) is 25.2 Å². The van der Waals surface area contributed by atoms with E-state index in [1.165, 1.54) is 0 Å². The fraction of sp³-hybridized carbons (Fsp3) is 0.167. The Bertz CT molecular complexity index is 278. The predicted molar refractivity (Wildman–Crippen MR) is 41.2 cm³/mol. The van der Waals surface area contributed by atoms with Gasteiger partial charge in [-0.05, 0) is 0 Å². The minimum atomic E-state index is -10.7. The zero-order valence-corrected chi connectivity index (χ0v) is 7.94. The van der Waals surface area contributed by atoms with Crippen molar-refractivity contribution in [2.24, 2.45) is 7.05 Å². The van der Waals surface area contributed by atoms with E-state index in [0.29, 0.717) is 0 Å². The molecule has 0 atom stereocenters. The van der Waals surface area contributed by atoms with Crippen LogP contribution in [0, 0.1) is 0 Å². The van der Waals surface area contributed by atoms with Crippen molar-refractivity contribution in [3.8, 4) is 0 Å². The molecule has 1 nitrogen and oxygen atoms in total. The van der Waals surface area contributed by atoms with Crippen LogP contribution < -0.4 is 4.57 Å². The Morgan fingerprint density at radius 3 is 1.21 bits per heavy atom. The van der Waals surface area contributed by atoms with E-state index in [9.17, 15) is 25.2 Å². The van der Waals surface area contributed by atoms with Crippen molar-refractivity contribution in [2.75, 3.05) is 0 Å². The zero-order valence-electron chi connectivity index (χ0n) is 7.05. The molecule has 0 amide bonds. The van der Waals surface area contributed by atoms with Gasteiger partial charge in [0.15, 0.2) is 12.4 Å². The monoisotopic (exact) mass is 239 g/mol. The van der Waals surface area contributed by atoms with Crippen LogP contribution in [0.3, 0.4) is 0 Å². The molecule has 0 bridgehead atoms. The second kappa shape index (κ2) is 3.08. The van der Waals surface area contributed by atoms with E-state index in [1.807, 2.05) is 42.2 Å². The number of aromatic nitrogens is 1. The van der Waals surface area contributed by atoms with E-state index >= 15 is 0 Å². The zero-order chi connectivity index (χ0) is 11.5. The molecule has 0 saturated carbocycles. The maximum absolute atomic E-state index is 10.7. The molecule has 0 N–H and O–H groups in total. The van der Waals surface area contributed by atoms with Crippen molar-refractivity contribution in [2.45, 2.75) is 0 Å². The van der Waals surface area contributed by atoms with Crippen LogP contribution in [-0.2, 0) is 7.05 Å². The average Bonchev–Trinajstić information content (AvgIpc) is 1.81. The topological polar surface area (TPSA) is 3.88 Å². The number of pyridine rings is 1. The summed E-state index contributed by atoms with van der Waals surface area (Å²) in [6.07, 6.45) is 4.00. The second-order valence-corrected chi connectivity index (χ2v) is 4.42. The molecule has 1 aromatic rings.